The van der Waals surface area contributed by atoms with Crippen LogP contribution in [0.2, 0.25) is 0 Å². The van der Waals surface area contributed by atoms with E-state index in [9.17, 15) is 8.42 Å². The number of hydrogen-bond donors (Lipinski definition) is 2. The van der Waals surface area contributed by atoms with Gasteiger partial charge in [0.1, 0.15) is 4.21 Å². The Morgan fingerprint density at radius 2 is 2.17 bits per heavy atom. The molecule has 0 fully saturated rings. The van der Waals surface area contributed by atoms with Crippen LogP contribution in [0, 0.1) is 11.8 Å². The first-order valence-electron chi connectivity index (χ1n) is 6.09. The van der Waals surface area contributed by atoms with Gasteiger partial charge in [-0.25, -0.2) is 13.1 Å². The molecule has 0 radical (unpaired) electrons. The average Bonchev–Trinajstić information content (AvgIpc) is 2.79. The topological polar surface area (TPSA) is 66.4 Å². The van der Waals surface area contributed by atoms with Gasteiger partial charge in [-0.15, -0.1) is 11.3 Å². The fourth-order valence-electron chi connectivity index (χ4n) is 1.87. The molecule has 0 saturated carbocycles. The van der Waals surface area contributed by atoms with E-state index in [4.69, 9.17) is 5.11 Å². The summed E-state index contributed by atoms with van der Waals surface area (Å²) in [6, 6.07) is 3.31. The van der Waals surface area contributed by atoms with E-state index >= 15 is 0 Å². The molecule has 6 heteroatoms. The molecule has 1 aromatic heterocycles. The van der Waals surface area contributed by atoms with Gasteiger partial charge in [-0.1, -0.05) is 19.9 Å². The molecule has 0 bridgehead atoms. The number of aliphatic hydroxyl groups is 1. The van der Waals surface area contributed by atoms with Crippen molar-refractivity contribution in [2.24, 2.45) is 11.8 Å². The van der Waals surface area contributed by atoms with Crippen molar-refractivity contribution in [1.82, 2.24) is 4.72 Å². The fraction of sp³-hybridized carbons (Fsp3) is 0.667. The first-order chi connectivity index (χ1) is 8.45. The molecule has 2 N–H and O–H groups in total. The molecule has 1 aromatic rings. The Balaban J connectivity index is 2.56. The predicted molar refractivity (Wildman–Crippen MR) is 74.2 cm³/mol. The lowest BCUT2D eigenvalue weighted by Gasteiger charge is -2.18. The predicted octanol–water partition coefficient (Wildman–Crippen LogP) is 2.07. The number of sulfonamides is 1. The van der Waals surface area contributed by atoms with Crippen LogP contribution in [0.4, 0.5) is 0 Å². The molecular weight excluding hydrogens is 270 g/mol. The van der Waals surface area contributed by atoms with E-state index in [1.807, 2.05) is 0 Å². The standard InChI is InChI=1S/C12H21NO3S2/c1-10(2)8-11(5-6-14)9-13-18(15,16)12-4-3-7-17-12/h3-4,7,10-11,13-14H,5-6,8-9H2,1-2H3. The molecule has 1 heterocycles. The first kappa shape index (κ1) is 15.6. The number of thiophene rings is 1. The molecule has 1 atom stereocenters. The van der Waals surface area contributed by atoms with E-state index in [1.54, 1.807) is 17.5 Å². The monoisotopic (exact) mass is 291 g/mol. The number of nitrogens with one attached hydrogen (secondary N) is 1. The van der Waals surface area contributed by atoms with Gasteiger partial charge in [-0.05, 0) is 36.1 Å². The van der Waals surface area contributed by atoms with Gasteiger partial charge in [0.15, 0.2) is 0 Å². The SMILES string of the molecule is CC(C)CC(CCO)CNS(=O)(=O)c1cccs1. The highest BCUT2D eigenvalue weighted by Gasteiger charge is 2.18. The molecule has 0 aliphatic heterocycles. The molecule has 18 heavy (non-hydrogen) atoms. The molecule has 1 unspecified atom stereocenters. The van der Waals surface area contributed by atoms with Gasteiger partial charge in [-0.3, -0.25) is 0 Å². The van der Waals surface area contributed by atoms with Crippen LogP contribution in [-0.2, 0) is 10.0 Å². The number of hydrogen-bond acceptors (Lipinski definition) is 4. The smallest absolute Gasteiger partial charge is 0.250 e. The van der Waals surface area contributed by atoms with Gasteiger partial charge in [0, 0.05) is 13.2 Å². The lowest BCUT2D eigenvalue weighted by Crippen LogP contribution is -2.30. The van der Waals surface area contributed by atoms with Crippen LogP contribution in [0.3, 0.4) is 0 Å². The van der Waals surface area contributed by atoms with Gasteiger partial charge in [0.25, 0.3) is 0 Å². The van der Waals surface area contributed by atoms with Crippen molar-refractivity contribution in [3.63, 3.8) is 0 Å². The Labute approximate surface area is 113 Å². The Hall–Kier alpha value is -0.430. The molecule has 1 rings (SSSR count). The molecule has 4 nitrogen and oxygen atoms in total. The zero-order valence-corrected chi connectivity index (χ0v) is 12.4. The molecule has 104 valence electrons. The fourth-order valence-corrected chi connectivity index (χ4v) is 4.02. The van der Waals surface area contributed by atoms with Gasteiger partial charge >= 0.3 is 0 Å². The van der Waals surface area contributed by atoms with Crippen LogP contribution < -0.4 is 4.72 Å². The summed E-state index contributed by atoms with van der Waals surface area (Å²) in [6.07, 6.45) is 1.54. The van der Waals surface area contributed by atoms with E-state index in [1.165, 1.54) is 11.3 Å². The molecular formula is C12H21NO3S2. The minimum Gasteiger partial charge on any atom is -0.396 e. The van der Waals surface area contributed by atoms with Crippen LogP contribution in [-0.4, -0.2) is 26.7 Å². The summed E-state index contributed by atoms with van der Waals surface area (Å²) in [6.45, 7) is 4.67. The third kappa shape index (κ3) is 5.06. The van der Waals surface area contributed by atoms with Gasteiger partial charge < -0.3 is 5.11 Å². The zero-order chi connectivity index (χ0) is 13.6. The zero-order valence-electron chi connectivity index (χ0n) is 10.8. The van der Waals surface area contributed by atoms with Crippen molar-refractivity contribution in [3.05, 3.63) is 17.5 Å². The summed E-state index contributed by atoms with van der Waals surface area (Å²) < 4.78 is 26.8. The number of rotatable bonds is 8. The van der Waals surface area contributed by atoms with Crippen molar-refractivity contribution >= 4 is 21.4 Å². The molecule has 0 saturated heterocycles. The second-order valence-corrected chi connectivity index (χ2v) is 7.73. The first-order valence-corrected chi connectivity index (χ1v) is 8.46. The van der Waals surface area contributed by atoms with E-state index in [2.05, 4.69) is 18.6 Å². The summed E-state index contributed by atoms with van der Waals surface area (Å²) in [7, 11) is -3.38. The van der Waals surface area contributed by atoms with E-state index in [0.717, 1.165) is 6.42 Å². The molecule has 0 spiro atoms. The van der Waals surface area contributed by atoms with Crippen LogP contribution in [0.1, 0.15) is 26.7 Å². The maximum atomic E-state index is 11.9. The van der Waals surface area contributed by atoms with E-state index in [0.29, 0.717) is 23.1 Å². The molecule has 0 aliphatic carbocycles. The maximum absolute atomic E-state index is 11.9. The van der Waals surface area contributed by atoms with Crippen LogP contribution in [0.5, 0.6) is 0 Å². The Kier molecular flexibility index (Phi) is 6.28. The van der Waals surface area contributed by atoms with Crippen molar-refractivity contribution in [2.75, 3.05) is 13.2 Å². The third-order valence-corrected chi connectivity index (χ3v) is 5.49. The van der Waals surface area contributed by atoms with Crippen LogP contribution >= 0.6 is 11.3 Å². The van der Waals surface area contributed by atoms with Gasteiger partial charge in [0.05, 0.1) is 0 Å². The van der Waals surface area contributed by atoms with Crippen molar-refractivity contribution in [3.8, 4) is 0 Å². The Morgan fingerprint density at radius 1 is 1.44 bits per heavy atom. The molecule has 0 aliphatic rings. The van der Waals surface area contributed by atoms with Crippen LogP contribution in [0.25, 0.3) is 0 Å². The van der Waals surface area contributed by atoms with Gasteiger partial charge in [-0.2, -0.15) is 0 Å². The van der Waals surface area contributed by atoms with E-state index < -0.39 is 10.0 Å². The highest BCUT2D eigenvalue weighted by atomic mass is 32.2. The lowest BCUT2D eigenvalue weighted by atomic mass is 9.95. The van der Waals surface area contributed by atoms with Crippen molar-refractivity contribution < 1.29 is 13.5 Å². The lowest BCUT2D eigenvalue weighted by molar-refractivity contribution is 0.243. The molecule has 0 aromatic carbocycles. The van der Waals surface area contributed by atoms with Crippen molar-refractivity contribution in [1.29, 1.82) is 0 Å². The summed E-state index contributed by atoms with van der Waals surface area (Å²) in [5.74, 6) is 0.678. The van der Waals surface area contributed by atoms with Crippen molar-refractivity contribution in [2.45, 2.75) is 30.9 Å². The summed E-state index contributed by atoms with van der Waals surface area (Å²) >= 11 is 1.21. The number of aliphatic hydroxyl groups excluding tert-OH is 1. The maximum Gasteiger partial charge on any atom is 0.250 e. The van der Waals surface area contributed by atoms with Gasteiger partial charge in [0.2, 0.25) is 10.0 Å². The van der Waals surface area contributed by atoms with Crippen LogP contribution in [0.15, 0.2) is 21.7 Å². The molecule has 0 amide bonds. The minimum absolute atomic E-state index is 0.0954. The normalized spacial score (nSPS) is 14.0. The summed E-state index contributed by atoms with van der Waals surface area (Å²) in [5, 5.41) is 10.7. The second kappa shape index (κ2) is 7.23. The second-order valence-electron chi connectivity index (χ2n) is 4.79. The summed E-state index contributed by atoms with van der Waals surface area (Å²) in [5.41, 5.74) is 0. The average molecular weight is 291 g/mol. The highest BCUT2D eigenvalue weighted by molar-refractivity contribution is 7.91. The van der Waals surface area contributed by atoms with E-state index in [-0.39, 0.29) is 12.5 Å². The largest absolute Gasteiger partial charge is 0.396 e. The third-order valence-electron chi connectivity index (χ3n) is 2.66. The highest BCUT2D eigenvalue weighted by Crippen LogP contribution is 2.18. The summed E-state index contributed by atoms with van der Waals surface area (Å²) in [4.78, 5) is 0. The quantitative estimate of drug-likeness (QED) is 0.770. The Morgan fingerprint density at radius 3 is 2.67 bits per heavy atom. The minimum atomic E-state index is -3.38. The Bertz CT molecular complexity index is 426.